The maximum absolute atomic E-state index is 12.4. The highest BCUT2D eigenvalue weighted by molar-refractivity contribution is 5.32. The summed E-state index contributed by atoms with van der Waals surface area (Å²) in [7, 11) is 2.15. The number of hydrogen-bond acceptors (Lipinski definition) is 4. The Balaban J connectivity index is 2.08. The van der Waals surface area contributed by atoms with Gasteiger partial charge in [0.25, 0.3) is 5.56 Å². The molecule has 0 radical (unpaired) electrons. The first-order valence-electron chi connectivity index (χ1n) is 7.49. The summed E-state index contributed by atoms with van der Waals surface area (Å²) < 4.78 is 1.75. The Kier molecular flexibility index (Phi) is 4.81. The molecule has 5 heteroatoms. The molecule has 0 spiro atoms. The first-order chi connectivity index (χ1) is 9.47. The van der Waals surface area contributed by atoms with Crippen molar-refractivity contribution in [1.29, 1.82) is 0 Å². The number of piperidine rings is 1. The van der Waals surface area contributed by atoms with E-state index in [2.05, 4.69) is 43.0 Å². The van der Waals surface area contributed by atoms with E-state index in [1.807, 2.05) is 0 Å². The molecule has 20 heavy (non-hydrogen) atoms. The largest absolute Gasteiger partial charge is 0.363 e. The summed E-state index contributed by atoms with van der Waals surface area (Å²) in [6, 6.07) is 0.888. The molecular formula is C15H26N4O. The van der Waals surface area contributed by atoms with Gasteiger partial charge in [0.1, 0.15) is 0 Å². The Bertz CT molecular complexity index is 497. The predicted molar refractivity (Wildman–Crippen MR) is 82.1 cm³/mol. The monoisotopic (exact) mass is 278 g/mol. The van der Waals surface area contributed by atoms with Crippen molar-refractivity contribution in [2.75, 3.05) is 18.9 Å². The van der Waals surface area contributed by atoms with Gasteiger partial charge in [0.15, 0.2) is 5.82 Å². The highest BCUT2D eigenvalue weighted by Gasteiger charge is 2.23. The minimum absolute atomic E-state index is 0.00668. The van der Waals surface area contributed by atoms with E-state index in [0.29, 0.717) is 23.8 Å². The normalized spacial score (nSPS) is 24.1. The van der Waals surface area contributed by atoms with Crippen molar-refractivity contribution in [2.45, 2.75) is 52.2 Å². The molecule has 5 nitrogen and oxygen atoms in total. The lowest BCUT2D eigenvalue weighted by atomic mass is 9.99. The van der Waals surface area contributed by atoms with Gasteiger partial charge in [0.2, 0.25) is 0 Å². The Morgan fingerprint density at radius 2 is 2.25 bits per heavy atom. The van der Waals surface area contributed by atoms with Gasteiger partial charge < -0.3 is 14.8 Å². The van der Waals surface area contributed by atoms with Crippen molar-refractivity contribution in [3.63, 3.8) is 0 Å². The third kappa shape index (κ3) is 3.60. The third-order valence-corrected chi connectivity index (χ3v) is 4.02. The lowest BCUT2D eigenvalue weighted by Crippen LogP contribution is -2.43. The fourth-order valence-electron chi connectivity index (χ4n) is 2.70. The van der Waals surface area contributed by atoms with Crippen LogP contribution < -0.4 is 10.9 Å². The Hall–Kier alpha value is -1.36. The van der Waals surface area contributed by atoms with Crippen LogP contribution in [-0.4, -0.2) is 40.1 Å². The quantitative estimate of drug-likeness (QED) is 0.912. The summed E-state index contributed by atoms with van der Waals surface area (Å²) >= 11 is 0. The summed E-state index contributed by atoms with van der Waals surface area (Å²) in [5, 5.41) is 3.34. The lowest BCUT2D eigenvalue weighted by Gasteiger charge is -2.35. The Morgan fingerprint density at radius 3 is 2.90 bits per heavy atom. The van der Waals surface area contributed by atoms with Gasteiger partial charge in [-0.3, -0.25) is 4.79 Å². The van der Waals surface area contributed by atoms with Crippen LogP contribution in [0.1, 0.15) is 33.6 Å². The first kappa shape index (κ1) is 15.0. The molecule has 0 saturated carbocycles. The molecule has 1 aliphatic heterocycles. The molecule has 1 fully saturated rings. The fraction of sp³-hybridized carbons (Fsp3) is 0.733. The van der Waals surface area contributed by atoms with Crippen LogP contribution in [0.25, 0.3) is 0 Å². The van der Waals surface area contributed by atoms with E-state index >= 15 is 0 Å². The molecule has 0 bridgehead atoms. The SMILES string of the molecule is CC(C)Cn1ccnc(NC2CCN(C)C(C)C2)c1=O. The van der Waals surface area contributed by atoms with Crippen LogP contribution in [0.15, 0.2) is 17.2 Å². The minimum Gasteiger partial charge on any atom is -0.363 e. The fourth-order valence-corrected chi connectivity index (χ4v) is 2.70. The predicted octanol–water partition coefficient (Wildman–Crippen LogP) is 1.79. The summed E-state index contributed by atoms with van der Waals surface area (Å²) in [6.07, 6.45) is 5.59. The van der Waals surface area contributed by atoms with Gasteiger partial charge in [-0.05, 0) is 32.7 Å². The van der Waals surface area contributed by atoms with Crippen LogP contribution in [0.4, 0.5) is 5.82 Å². The number of anilines is 1. The van der Waals surface area contributed by atoms with Crippen molar-refractivity contribution in [3.8, 4) is 0 Å². The Morgan fingerprint density at radius 1 is 1.50 bits per heavy atom. The van der Waals surface area contributed by atoms with Crippen molar-refractivity contribution >= 4 is 5.82 Å². The second-order valence-electron chi connectivity index (χ2n) is 6.32. The third-order valence-electron chi connectivity index (χ3n) is 4.02. The molecule has 112 valence electrons. The molecule has 0 aromatic carbocycles. The van der Waals surface area contributed by atoms with Crippen LogP contribution in [0.5, 0.6) is 0 Å². The molecule has 2 heterocycles. The van der Waals surface area contributed by atoms with Crippen molar-refractivity contribution in [3.05, 3.63) is 22.7 Å². The molecule has 2 unspecified atom stereocenters. The van der Waals surface area contributed by atoms with Gasteiger partial charge in [0.05, 0.1) is 0 Å². The van der Waals surface area contributed by atoms with E-state index in [-0.39, 0.29) is 5.56 Å². The number of nitrogens with zero attached hydrogens (tertiary/aromatic N) is 3. The maximum Gasteiger partial charge on any atom is 0.293 e. The van der Waals surface area contributed by atoms with Gasteiger partial charge in [-0.25, -0.2) is 4.98 Å². The summed E-state index contributed by atoms with van der Waals surface area (Å²) in [5.74, 6) is 0.946. The lowest BCUT2D eigenvalue weighted by molar-refractivity contribution is 0.190. The maximum atomic E-state index is 12.4. The molecule has 1 N–H and O–H groups in total. The smallest absolute Gasteiger partial charge is 0.293 e. The standard InChI is InChI=1S/C15H26N4O/c1-11(2)10-19-8-6-16-14(15(19)20)17-13-5-7-18(4)12(3)9-13/h6,8,11-13H,5,7,9-10H2,1-4H3,(H,16,17). The second kappa shape index (κ2) is 6.39. The Labute approximate surface area is 121 Å². The molecule has 1 aliphatic rings. The number of likely N-dealkylation sites (tertiary alicyclic amines) is 1. The van der Waals surface area contributed by atoms with E-state index in [1.54, 1.807) is 17.0 Å². The molecule has 0 aliphatic carbocycles. The number of hydrogen-bond donors (Lipinski definition) is 1. The number of rotatable bonds is 4. The van der Waals surface area contributed by atoms with Crippen LogP contribution in [-0.2, 0) is 6.54 Å². The zero-order chi connectivity index (χ0) is 14.7. The molecule has 0 amide bonds. The van der Waals surface area contributed by atoms with Crippen LogP contribution in [0.2, 0.25) is 0 Å². The molecule has 1 aromatic heterocycles. The highest BCUT2D eigenvalue weighted by atomic mass is 16.1. The zero-order valence-corrected chi connectivity index (χ0v) is 13.0. The average molecular weight is 278 g/mol. The van der Waals surface area contributed by atoms with Crippen molar-refractivity contribution in [1.82, 2.24) is 14.5 Å². The van der Waals surface area contributed by atoms with Crippen molar-refractivity contribution < 1.29 is 0 Å². The second-order valence-corrected chi connectivity index (χ2v) is 6.32. The van der Waals surface area contributed by atoms with Crippen LogP contribution in [0.3, 0.4) is 0 Å². The van der Waals surface area contributed by atoms with Gasteiger partial charge in [-0.2, -0.15) is 0 Å². The zero-order valence-electron chi connectivity index (χ0n) is 13.0. The summed E-state index contributed by atoms with van der Waals surface area (Å²) in [4.78, 5) is 18.9. The van der Waals surface area contributed by atoms with Gasteiger partial charge >= 0.3 is 0 Å². The van der Waals surface area contributed by atoms with E-state index < -0.39 is 0 Å². The van der Waals surface area contributed by atoms with Gasteiger partial charge in [-0.1, -0.05) is 13.8 Å². The van der Waals surface area contributed by atoms with E-state index in [9.17, 15) is 4.79 Å². The van der Waals surface area contributed by atoms with Gasteiger partial charge in [0, 0.05) is 37.6 Å². The molecule has 2 atom stereocenters. The first-order valence-corrected chi connectivity index (χ1v) is 7.49. The summed E-state index contributed by atoms with van der Waals surface area (Å²) in [5.41, 5.74) is -0.00668. The number of nitrogens with one attached hydrogen (secondary N) is 1. The molecule has 1 saturated heterocycles. The number of aromatic nitrogens is 2. The summed E-state index contributed by atoms with van der Waals surface area (Å²) in [6.45, 7) is 8.24. The minimum atomic E-state index is -0.00668. The van der Waals surface area contributed by atoms with Crippen molar-refractivity contribution in [2.24, 2.45) is 5.92 Å². The van der Waals surface area contributed by atoms with E-state index in [1.165, 1.54) is 0 Å². The average Bonchev–Trinajstić information content (AvgIpc) is 2.38. The van der Waals surface area contributed by atoms with E-state index in [0.717, 1.165) is 25.9 Å². The van der Waals surface area contributed by atoms with E-state index in [4.69, 9.17) is 0 Å². The molecule has 1 aromatic rings. The molecular weight excluding hydrogens is 252 g/mol. The molecule has 2 rings (SSSR count). The topological polar surface area (TPSA) is 50.2 Å². The van der Waals surface area contributed by atoms with Gasteiger partial charge in [-0.15, -0.1) is 0 Å². The highest BCUT2D eigenvalue weighted by Crippen LogP contribution is 2.17. The van der Waals surface area contributed by atoms with Crippen LogP contribution >= 0.6 is 0 Å². The van der Waals surface area contributed by atoms with Crippen LogP contribution in [0, 0.1) is 5.92 Å².